The van der Waals surface area contributed by atoms with E-state index >= 15 is 0 Å². The van der Waals surface area contributed by atoms with Gasteiger partial charge in [-0.05, 0) is 109 Å². The van der Waals surface area contributed by atoms with Gasteiger partial charge in [0.2, 0.25) is 0 Å². The third-order valence-electron chi connectivity index (χ3n) is 11.1. The van der Waals surface area contributed by atoms with Gasteiger partial charge in [-0.1, -0.05) is 212 Å². The first-order valence-corrected chi connectivity index (χ1v) is 20.8. The quantitative estimate of drug-likeness (QED) is 0.0985. The Morgan fingerprint density at radius 3 is 1.44 bits per heavy atom. The predicted octanol–water partition coefficient (Wildman–Crippen LogP) is 15.2. The number of nitrogens with zero attached hydrogens (tertiary/aromatic N) is 1. The molecule has 0 spiro atoms. The summed E-state index contributed by atoms with van der Waals surface area (Å²) in [5, 5.41) is 12.2. The molecule has 292 valence electrons. The number of aliphatic hydroxyl groups excluding tert-OH is 1. The molecular formula is C59H45NO. The van der Waals surface area contributed by atoms with Crippen LogP contribution < -0.4 is 4.90 Å². The van der Waals surface area contributed by atoms with Gasteiger partial charge in [-0.2, -0.15) is 0 Å². The van der Waals surface area contributed by atoms with E-state index in [1.807, 2.05) is 12.1 Å². The second kappa shape index (κ2) is 18.4. The third kappa shape index (κ3) is 8.82. The molecule has 1 N–H and O–H groups in total. The van der Waals surface area contributed by atoms with Crippen LogP contribution in [-0.2, 0) is 6.61 Å². The fraction of sp³-hybridized carbons (Fsp3) is 0.0169. The highest BCUT2D eigenvalue weighted by Crippen LogP contribution is 2.42. The Bertz CT molecular complexity index is 2850. The number of anilines is 3. The predicted molar refractivity (Wildman–Crippen MR) is 259 cm³/mol. The van der Waals surface area contributed by atoms with Crippen LogP contribution in [0.5, 0.6) is 0 Å². The van der Waals surface area contributed by atoms with E-state index in [-0.39, 0.29) is 6.61 Å². The number of benzene rings is 9. The molecule has 0 fully saturated rings. The topological polar surface area (TPSA) is 23.5 Å². The summed E-state index contributed by atoms with van der Waals surface area (Å²) in [5.74, 6) is 0. The zero-order valence-electron chi connectivity index (χ0n) is 33.9. The van der Waals surface area contributed by atoms with Crippen LogP contribution in [0.25, 0.3) is 45.2 Å². The molecule has 0 amide bonds. The Balaban J connectivity index is 1.16. The van der Waals surface area contributed by atoms with Crippen LogP contribution in [0.3, 0.4) is 0 Å². The molecular weight excluding hydrogens is 739 g/mol. The van der Waals surface area contributed by atoms with Crippen molar-refractivity contribution in [2.45, 2.75) is 6.61 Å². The largest absolute Gasteiger partial charge is 0.392 e. The van der Waals surface area contributed by atoms with Gasteiger partial charge in [0.15, 0.2) is 0 Å². The Morgan fingerprint density at radius 1 is 0.426 bits per heavy atom. The van der Waals surface area contributed by atoms with Crippen molar-refractivity contribution in [3.63, 3.8) is 0 Å². The van der Waals surface area contributed by atoms with E-state index in [2.05, 4.69) is 248 Å². The van der Waals surface area contributed by atoms with Crippen LogP contribution >= 0.6 is 0 Å². The maximum atomic E-state index is 9.97. The van der Waals surface area contributed by atoms with Gasteiger partial charge in [-0.3, -0.25) is 0 Å². The van der Waals surface area contributed by atoms with E-state index in [0.717, 1.165) is 66.8 Å². The molecule has 9 rings (SSSR count). The van der Waals surface area contributed by atoms with Crippen molar-refractivity contribution in [3.8, 4) is 11.1 Å². The molecule has 2 nitrogen and oxygen atoms in total. The number of rotatable bonds is 12. The normalized spacial score (nSPS) is 11.0. The van der Waals surface area contributed by atoms with E-state index in [1.54, 1.807) is 0 Å². The molecule has 2 heteroatoms. The van der Waals surface area contributed by atoms with Crippen LogP contribution in [0.1, 0.15) is 38.9 Å². The van der Waals surface area contributed by atoms with Crippen LogP contribution in [-0.4, -0.2) is 5.11 Å². The number of aliphatic hydroxyl groups is 1. The van der Waals surface area contributed by atoms with Crippen molar-refractivity contribution in [3.05, 3.63) is 282 Å². The number of hydrogen-bond donors (Lipinski definition) is 1. The Kier molecular flexibility index (Phi) is 11.7. The molecule has 0 aliphatic carbocycles. The average Bonchev–Trinajstić information content (AvgIpc) is 3.34. The lowest BCUT2D eigenvalue weighted by molar-refractivity contribution is 0.282. The molecule has 0 aliphatic heterocycles. The van der Waals surface area contributed by atoms with Crippen molar-refractivity contribution in [2.24, 2.45) is 0 Å². The van der Waals surface area contributed by atoms with Gasteiger partial charge >= 0.3 is 0 Å². The van der Waals surface area contributed by atoms with Gasteiger partial charge in [0, 0.05) is 16.8 Å². The van der Waals surface area contributed by atoms with E-state index in [4.69, 9.17) is 0 Å². The average molecular weight is 784 g/mol. The minimum absolute atomic E-state index is 0.0105. The Morgan fingerprint density at radius 2 is 0.918 bits per heavy atom. The molecule has 0 radical (unpaired) electrons. The molecule has 0 heterocycles. The maximum absolute atomic E-state index is 9.97. The van der Waals surface area contributed by atoms with Crippen molar-refractivity contribution >= 4 is 51.1 Å². The smallest absolute Gasteiger partial charge is 0.0681 e. The highest BCUT2D eigenvalue weighted by molar-refractivity contribution is 6.07. The summed E-state index contributed by atoms with van der Waals surface area (Å²) in [6.07, 6.45) is 8.83. The summed E-state index contributed by atoms with van der Waals surface area (Å²) >= 11 is 0. The van der Waals surface area contributed by atoms with E-state index in [0.29, 0.717) is 0 Å². The Hall–Kier alpha value is -7.78. The zero-order valence-corrected chi connectivity index (χ0v) is 33.9. The summed E-state index contributed by atoms with van der Waals surface area (Å²) in [7, 11) is 0. The highest BCUT2D eigenvalue weighted by atomic mass is 16.3. The summed E-state index contributed by atoms with van der Waals surface area (Å²) in [5.41, 5.74) is 15.6. The first-order chi connectivity index (χ1) is 30.2. The number of hydrogen-bond acceptors (Lipinski definition) is 2. The summed E-state index contributed by atoms with van der Waals surface area (Å²) in [6.45, 7) is -0.0105. The van der Waals surface area contributed by atoms with Crippen LogP contribution in [0.4, 0.5) is 17.1 Å². The minimum atomic E-state index is -0.0105. The fourth-order valence-corrected chi connectivity index (χ4v) is 7.97. The number of fused-ring (bicyclic) bond motifs is 1. The monoisotopic (exact) mass is 783 g/mol. The van der Waals surface area contributed by atoms with Gasteiger partial charge in [0.1, 0.15) is 0 Å². The van der Waals surface area contributed by atoms with E-state index in [1.165, 1.54) is 22.3 Å². The van der Waals surface area contributed by atoms with Crippen LogP contribution in [0, 0.1) is 0 Å². The SMILES string of the molecule is OCc1ccc(N(c2ccc(/C=C/C=C(c3ccccc3)c3ccccc3)cc2)c2ccc(C=C(c3ccccc3)c3ccccc3)c3cc(-c4ccccc4)ccc23)cc1. The van der Waals surface area contributed by atoms with Gasteiger partial charge in [0.05, 0.1) is 12.3 Å². The molecule has 0 saturated carbocycles. The van der Waals surface area contributed by atoms with Crippen LogP contribution in [0.15, 0.2) is 243 Å². The summed E-state index contributed by atoms with van der Waals surface area (Å²) < 4.78 is 0. The lowest BCUT2D eigenvalue weighted by Crippen LogP contribution is -2.11. The number of allylic oxidation sites excluding steroid dienone is 2. The van der Waals surface area contributed by atoms with Gasteiger partial charge in [0.25, 0.3) is 0 Å². The third-order valence-corrected chi connectivity index (χ3v) is 11.1. The molecule has 0 aromatic heterocycles. The molecule has 0 bridgehead atoms. The second-order valence-electron chi connectivity index (χ2n) is 15.0. The Labute approximate surface area is 359 Å². The van der Waals surface area contributed by atoms with E-state index in [9.17, 15) is 5.11 Å². The summed E-state index contributed by atoms with van der Waals surface area (Å²) in [6, 6.07) is 81.2. The van der Waals surface area contributed by atoms with Crippen LogP contribution in [0.2, 0.25) is 0 Å². The standard InChI is InChI=1S/C59H45NO/c61-43-45-31-37-54(38-32-45)60(53-35-29-44(30-36-53)17-16-28-55(47-20-8-2-9-21-47)48-22-10-3-11-23-48)59-40-34-52(58-41-51(33-39-56(58)59)46-18-6-1-7-19-46)42-57(49-24-12-4-13-25-49)50-26-14-5-15-27-50/h1-42,61H,43H2/b17-16+. The molecule has 0 unspecified atom stereocenters. The second-order valence-corrected chi connectivity index (χ2v) is 15.0. The van der Waals surface area contributed by atoms with Crippen molar-refractivity contribution < 1.29 is 5.11 Å². The highest BCUT2D eigenvalue weighted by Gasteiger charge is 2.18. The van der Waals surface area contributed by atoms with Crippen molar-refractivity contribution in [1.29, 1.82) is 0 Å². The fourth-order valence-electron chi connectivity index (χ4n) is 7.97. The molecule has 0 atom stereocenters. The van der Waals surface area contributed by atoms with Gasteiger partial charge in [-0.25, -0.2) is 0 Å². The van der Waals surface area contributed by atoms with Gasteiger partial charge < -0.3 is 10.0 Å². The molecule has 9 aromatic rings. The molecule has 0 aliphatic rings. The first kappa shape index (κ1) is 38.7. The van der Waals surface area contributed by atoms with Crippen molar-refractivity contribution in [2.75, 3.05) is 4.90 Å². The van der Waals surface area contributed by atoms with E-state index < -0.39 is 0 Å². The minimum Gasteiger partial charge on any atom is -0.392 e. The maximum Gasteiger partial charge on any atom is 0.0681 e. The van der Waals surface area contributed by atoms with Crippen molar-refractivity contribution in [1.82, 2.24) is 0 Å². The molecule has 61 heavy (non-hydrogen) atoms. The zero-order chi connectivity index (χ0) is 41.2. The lowest BCUT2D eigenvalue weighted by Gasteiger charge is -2.28. The molecule has 0 saturated heterocycles. The van der Waals surface area contributed by atoms with Gasteiger partial charge in [-0.15, -0.1) is 0 Å². The first-order valence-electron chi connectivity index (χ1n) is 20.8. The summed E-state index contributed by atoms with van der Waals surface area (Å²) in [4.78, 5) is 2.32. The lowest BCUT2D eigenvalue weighted by atomic mass is 9.92. The molecule has 9 aromatic carbocycles.